The van der Waals surface area contributed by atoms with Gasteiger partial charge in [-0.05, 0) is 47.7 Å². The molecule has 1 aromatic carbocycles. The summed E-state index contributed by atoms with van der Waals surface area (Å²) in [4.78, 5) is 6.36. The molecule has 9 heteroatoms. The fourth-order valence-corrected chi connectivity index (χ4v) is 4.82. The standard InChI is InChI=1S/C22H30FN5O2S/c1-14(2)31(29,30)22-24-11-19(28(22)12-18-9-7-8-10-20(18)23)13-27(6)17(5)21-15(3)25-26-16(21)4/h7-11,14,17H,12-13H2,1-6H3,(H,25,26). The van der Waals surface area contributed by atoms with E-state index in [4.69, 9.17) is 0 Å². The van der Waals surface area contributed by atoms with Gasteiger partial charge in [-0.25, -0.2) is 17.8 Å². The van der Waals surface area contributed by atoms with Crippen LogP contribution in [-0.2, 0) is 22.9 Å². The first-order valence-corrected chi connectivity index (χ1v) is 11.8. The van der Waals surface area contributed by atoms with E-state index in [1.807, 2.05) is 20.9 Å². The third kappa shape index (κ3) is 4.57. The van der Waals surface area contributed by atoms with Crippen molar-refractivity contribution < 1.29 is 12.8 Å². The molecule has 168 valence electrons. The van der Waals surface area contributed by atoms with E-state index in [0.717, 1.165) is 17.0 Å². The molecule has 7 nitrogen and oxygen atoms in total. The van der Waals surface area contributed by atoms with Crippen LogP contribution in [0, 0.1) is 19.7 Å². The van der Waals surface area contributed by atoms with E-state index in [9.17, 15) is 12.8 Å². The van der Waals surface area contributed by atoms with Crippen LogP contribution in [0.15, 0.2) is 35.6 Å². The van der Waals surface area contributed by atoms with E-state index in [2.05, 4.69) is 27.0 Å². The van der Waals surface area contributed by atoms with Gasteiger partial charge in [0.05, 0.1) is 29.4 Å². The van der Waals surface area contributed by atoms with E-state index < -0.39 is 15.1 Å². The number of benzene rings is 1. The van der Waals surface area contributed by atoms with Crippen molar-refractivity contribution in [1.82, 2.24) is 24.6 Å². The fraction of sp³-hybridized carbons (Fsp3) is 0.455. The molecule has 0 bridgehead atoms. The lowest BCUT2D eigenvalue weighted by Gasteiger charge is -2.26. The Labute approximate surface area is 183 Å². The SMILES string of the molecule is Cc1n[nH]c(C)c1C(C)N(C)Cc1cnc(S(=O)(=O)C(C)C)n1Cc1ccccc1F. The van der Waals surface area contributed by atoms with Crippen LogP contribution in [0.5, 0.6) is 0 Å². The number of aryl methyl sites for hydroxylation is 2. The van der Waals surface area contributed by atoms with Crippen molar-refractivity contribution in [2.24, 2.45) is 0 Å². The minimum absolute atomic E-state index is 0.0301. The number of rotatable bonds is 8. The van der Waals surface area contributed by atoms with E-state index >= 15 is 0 Å². The van der Waals surface area contributed by atoms with Crippen LogP contribution in [0.3, 0.4) is 0 Å². The molecule has 0 fully saturated rings. The van der Waals surface area contributed by atoms with Crippen LogP contribution in [0.25, 0.3) is 0 Å². The molecule has 0 aliphatic rings. The second-order valence-corrected chi connectivity index (χ2v) is 10.6. The molecular weight excluding hydrogens is 417 g/mol. The lowest BCUT2D eigenvalue weighted by Crippen LogP contribution is -2.26. The van der Waals surface area contributed by atoms with Crippen LogP contribution >= 0.6 is 0 Å². The Morgan fingerprint density at radius 1 is 1.19 bits per heavy atom. The molecule has 0 aliphatic carbocycles. The summed E-state index contributed by atoms with van der Waals surface area (Å²) in [6, 6.07) is 6.44. The van der Waals surface area contributed by atoms with Gasteiger partial charge in [0.1, 0.15) is 5.82 Å². The van der Waals surface area contributed by atoms with Crippen LogP contribution in [0.2, 0.25) is 0 Å². The van der Waals surface area contributed by atoms with Crippen LogP contribution in [0.1, 0.15) is 55.0 Å². The molecule has 0 radical (unpaired) electrons. The van der Waals surface area contributed by atoms with Crippen molar-refractivity contribution >= 4 is 9.84 Å². The maximum absolute atomic E-state index is 14.4. The summed E-state index contributed by atoms with van der Waals surface area (Å²) >= 11 is 0. The molecule has 0 spiro atoms. The Bertz CT molecular complexity index is 1150. The van der Waals surface area contributed by atoms with Gasteiger partial charge in [0, 0.05) is 29.4 Å². The Morgan fingerprint density at radius 2 is 1.87 bits per heavy atom. The lowest BCUT2D eigenvalue weighted by molar-refractivity contribution is 0.245. The zero-order valence-electron chi connectivity index (χ0n) is 18.8. The van der Waals surface area contributed by atoms with Gasteiger partial charge in [-0.1, -0.05) is 18.2 Å². The number of halogens is 1. The maximum atomic E-state index is 14.4. The van der Waals surface area contributed by atoms with Crippen molar-refractivity contribution in [3.05, 3.63) is 64.5 Å². The van der Waals surface area contributed by atoms with Gasteiger partial charge in [0.15, 0.2) is 0 Å². The molecule has 0 saturated heterocycles. The molecule has 1 atom stereocenters. The van der Waals surface area contributed by atoms with Crippen molar-refractivity contribution in [2.75, 3.05) is 7.05 Å². The van der Waals surface area contributed by atoms with Gasteiger partial charge in [0.25, 0.3) is 0 Å². The summed E-state index contributed by atoms with van der Waals surface area (Å²) in [5, 5.41) is 6.62. The minimum Gasteiger partial charge on any atom is -0.313 e. The van der Waals surface area contributed by atoms with Gasteiger partial charge in [-0.3, -0.25) is 10.00 Å². The third-order valence-electron chi connectivity index (χ3n) is 5.74. The minimum atomic E-state index is -3.64. The topological polar surface area (TPSA) is 83.9 Å². The first-order valence-electron chi connectivity index (χ1n) is 10.3. The number of aromatic nitrogens is 4. The number of nitrogens with one attached hydrogen (secondary N) is 1. The van der Waals surface area contributed by atoms with Gasteiger partial charge < -0.3 is 4.57 Å². The summed E-state index contributed by atoms with van der Waals surface area (Å²) in [6.45, 7) is 9.80. The molecule has 3 aromatic rings. The van der Waals surface area contributed by atoms with Crippen molar-refractivity contribution in [3.8, 4) is 0 Å². The Kier molecular flexibility index (Phi) is 6.66. The predicted octanol–water partition coefficient (Wildman–Crippen LogP) is 3.79. The lowest BCUT2D eigenvalue weighted by atomic mass is 10.1. The van der Waals surface area contributed by atoms with Gasteiger partial charge in [-0.15, -0.1) is 0 Å². The highest BCUT2D eigenvalue weighted by Crippen LogP contribution is 2.27. The number of hydrogen-bond donors (Lipinski definition) is 1. The molecule has 1 unspecified atom stereocenters. The van der Waals surface area contributed by atoms with Gasteiger partial charge in [-0.2, -0.15) is 5.10 Å². The fourth-order valence-electron chi connectivity index (χ4n) is 3.71. The van der Waals surface area contributed by atoms with Gasteiger partial charge >= 0.3 is 0 Å². The van der Waals surface area contributed by atoms with Crippen LogP contribution < -0.4 is 0 Å². The molecule has 31 heavy (non-hydrogen) atoms. The number of H-pyrrole nitrogens is 1. The van der Waals surface area contributed by atoms with E-state index in [1.54, 1.807) is 42.8 Å². The molecule has 0 saturated carbocycles. The highest BCUT2D eigenvalue weighted by molar-refractivity contribution is 7.91. The predicted molar refractivity (Wildman–Crippen MR) is 118 cm³/mol. The molecule has 3 rings (SSSR count). The number of imidazole rings is 1. The summed E-state index contributed by atoms with van der Waals surface area (Å²) in [6.07, 6.45) is 1.58. The Morgan fingerprint density at radius 3 is 2.45 bits per heavy atom. The molecule has 2 aromatic heterocycles. The monoisotopic (exact) mass is 447 g/mol. The average molecular weight is 448 g/mol. The zero-order chi connectivity index (χ0) is 22.9. The third-order valence-corrected chi connectivity index (χ3v) is 7.81. The van der Waals surface area contributed by atoms with Crippen LogP contribution in [-0.4, -0.2) is 45.4 Å². The molecule has 0 aliphatic heterocycles. The number of aromatic amines is 1. The molecule has 2 heterocycles. The summed E-state index contributed by atoms with van der Waals surface area (Å²) < 4.78 is 41.8. The van der Waals surface area contributed by atoms with E-state index in [1.165, 1.54) is 6.07 Å². The Balaban J connectivity index is 2.00. The normalized spacial score (nSPS) is 13.3. The van der Waals surface area contributed by atoms with Crippen molar-refractivity contribution in [3.63, 3.8) is 0 Å². The average Bonchev–Trinajstić information content (AvgIpc) is 3.26. The number of sulfone groups is 1. The van der Waals surface area contributed by atoms with E-state index in [-0.39, 0.29) is 23.6 Å². The zero-order valence-corrected chi connectivity index (χ0v) is 19.7. The molecule has 1 N–H and O–H groups in total. The first-order chi connectivity index (χ1) is 14.5. The quantitative estimate of drug-likeness (QED) is 0.568. The molecular formula is C22H30FN5O2S. The first kappa shape index (κ1) is 23.1. The second-order valence-electron chi connectivity index (χ2n) is 8.24. The highest BCUT2D eigenvalue weighted by Gasteiger charge is 2.28. The van der Waals surface area contributed by atoms with Crippen molar-refractivity contribution in [2.45, 2.75) is 64.2 Å². The van der Waals surface area contributed by atoms with E-state index in [0.29, 0.717) is 17.8 Å². The summed E-state index contributed by atoms with van der Waals surface area (Å²) in [5.41, 5.74) is 4.16. The van der Waals surface area contributed by atoms with Crippen molar-refractivity contribution in [1.29, 1.82) is 0 Å². The largest absolute Gasteiger partial charge is 0.313 e. The van der Waals surface area contributed by atoms with Crippen LogP contribution in [0.4, 0.5) is 4.39 Å². The summed E-state index contributed by atoms with van der Waals surface area (Å²) in [5.74, 6) is -0.374. The highest BCUT2D eigenvalue weighted by atomic mass is 32.2. The summed E-state index contributed by atoms with van der Waals surface area (Å²) in [7, 11) is -1.67. The molecule has 0 amide bonds. The maximum Gasteiger partial charge on any atom is 0.228 e. The smallest absolute Gasteiger partial charge is 0.228 e. The second kappa shape index (κ2) is 8.92. The number of nitrogens with zero attached hydrogens (tertiary/aromatic N) is 4. The Hall–Kier alpha value is -2.52. The number of hydrogen-bond acceptors (Lipinski definition) is 5. The van der Waals surface area contributed by atoms with Gasteiger partial charge in [0.2, 0.25) is 15.0 Å².